The molecule has 3 rings (SSSR count). The molecule has 0 amide bonds. The highest BCUT2D eigenvalue weighted by Gasteiger charge is 2.20. The van der Waals surface area contributed by atoms with E-state index in [1.807, 2.05) is 6.92 Å². The summed E-state index contributed by atoms with van der Waals surface area (Å²) < 4.78 is 16.4. The molecule has 1 atom stereocenters. The number of fused-ring (bicyclic) bond motifs is 1. The van der Waals surface area contributed by atoms with Gasteiger partial charge in [0.05, 0.1) is 24.5 Å². The van der Waals surface area contributed by atoms with Crippen LogP contribution in [0.15, 0.2) is 28.9 Å². The molecule has 1 aliphatic rings. The van der Waals surface area contributed by atoms with Gasteiger partial charge in [0.25, 0.3) is 0 Å². The Bertz CT molecular complexity index is 620. The van der Waals surface area contributed by atoms with Gasteiger partial charge in [0.1, 0.15) is 11.9 Å². The van der Waals surface area contributed by atoms with Gasteiger partial charge < -0.3 is 19.0 Å². The topological polar surface area (TPSA) is 51.8 Å². The lowest BCUT2D eigenvalue weighted by molar-refractivity contribution is 0.218. The average molecular weight is 295 g/mol. The first-order valence-corrected chi connectivity index (χ1v) is 6.85. The van der Waals surface area contributed by atoms with Crippen molar-refractivity contribution in [2.75, 3.05) is 13.2 Å². The maximum atomic E-state index is 10.4. The van der Waals surface area contributed by atoms with Gasteiger partial charge in [-0.25, -0.2) is 0 Å². The molecule has 0 fully saturated rings. The molecule has 1 unspecified atom stereocenters. The van der Waals surface area contributed by atoms with E-state index < -0.39 is 6.10 Å². The number of aliphatic hydroxyl groups excluding tert-OH is 1. The van der Waals surface area contributed by atoms with E-state index in [1.165, 1.54) is 6.26 Å². The number of halogens is 1. The van der Waals surface area contributed by atoms with Crippen LogP contribution in [0.5, 0.6) is 11.5 Å². The molecule has 5 heteroatoms. The van der Waals surface area contributed by atoms with Crippen LogP contribution in [-0.2, 0) is 0 Å². The predicted molar refractivity (Wildman–Crippen MR) is 74.6 cm³/mol. The molecule has 0 saturated heterocycles. The zero-order valence-corrected chi connectivity index (χ0v) is 11.8. The minimum absolute atomic E-state index is 0.445. The molecule has 4 nitrogen and oxygen atoms in total. The monoisotopic (exact) mass is 294 g/mol. The zero-order valence-electron chi connectivity index (χ0n) is 11.1. The number of rotatable bonds is 2. The Hall–Kier alpha value is -1.65. The summed E-state index contributed by atoms with van der Waals surface area (Å²) in [5.41, 5.74) is 1.25. The number of aliphatic hydroxyl groups is 1. The summed E-state index contributed by atoms with van der Waals surface area (Å²) in [5, 5.41) is 10.9. The predicted octanol–water partition coefficient (Wildman–Crippen LogP) is 3.48. The Morgan fingerprint density at radius 3 is 2.50 bits per heavy atom. The van der Waals surface area contributed by atoms with Crippen molar-refractivity contribution in [3.63, 3.8) is 0 Å². The summed E-state index contributed by atoms with van der Waals surface area (Å²) in [4.78, 5) is 0. The standard InChI is InChI=1S/C15H15ClO4/c1-9-5-10(8-20-9)15(17)11-6-13-14(7-12(11)16)19-4-2-3-18-13/h5-8,15,17H,2-4H2,1H3. The summed E-state index contributed by atoms with van der Waals surface area (Å²) in [5.74, 6) is 1.97. The van der Waals surface area contributed by atoms with Crippen molar-refractivity contribution in [3.05, 3.63) is 46.4 Å². The van der Waals surface area contributed by atoms with Gasteiger partial charge in [0.15, 0.2) is 11.5 Å². The Labute approximate surface area is 121 Å². The highest BCUT2D eigenvalue weighted by molar-refractivity contribution is 6.31. The molecular weight excluding hydrogens is 280 g/mol. The Morgan fingerprint density at radius 2 is 1.85 bits per heavy atom. The normalized spacial score (nSPS) is 15.8. The van der Waals surface area contributed by atoms with Crippen LogP contribution in [-0.4, -0.2) is 18.3 Å². The van der Waals surface area contributed by atoms with E-state index in [-0.39, 0.29) is 0 Å². The van der Waals surface area contributed by atoms with E-state index in [2.05, 4.69) is 0 Å². The molecule has 20 heavy (non-hydrogen) atoms. The highest BCUT2D eigenvalue weighted by atomic mass is 35.5. The van der Waals surface area contributed by atoms with Crippen molar-refractivity contribution in [1.29, 1.82) is 0 Å². The maximum absolute atomic E-state index is 10.4. The SMILES string of the molecule is Cc1cc(C(O)c2cc3c(cc2Cl)OCCCO3)co1. The number of hydrogen-bond donors (Lipinski definition) is 1. The fourth-order valence-electron chi connectivity index (χ4n) is 2.20. The second-order valence-corrected chi connectivity index (χ2v) is 5.17. The van der Waals surface area contributed by atoms with E-state index in [4.69, 9.17) is 25.5 Å². The number of ether oxygens (including phenoxy) is 2. The molecule has 1 aromatic carbocycles. The van der Waals surface area contributed by atoms with Crippen molar-refractivity contribution in [2.24, 2.45) is 0 Å². The van der Waals surface area contributed by atoms with E-state index in [1.54, 1.807) is 18.2 Å². The van der Waals surface area contributed by atoms with Crippen LogP contribution >= 0.6 is 11.6 Å². The first-order valence-electron chi connectivity index (χ1n) is 6.47. The summed E-state index contributed by atoms with van der Waals surface area (Å²) in [6, 6.07) is 5.20. The van der Waals surface area contributed by atoms with Gasteiger partial charge in [0.2, 0.25) is 0 Å². The fraction of sp³-hybridized carbons (Fsp3) is 0.333. The van der Waals surface area contributed by atoms with Crippen LogP contribution in [0.2, 0.25) is 5.02 Å². The van der Waals surface area contributed by atoms with Crippen molar-refractivity contribution >= 4 is 11.6 Å². The van der Waals surface area contributed by atoms with Crippen molar-refractivity contribution in [2.45, 2.75) is 19.4 Å². The van der Waals surface area contributed by atoms with Crippen LogP contribution in [0, 0.1) is 6.92 Å². The lowest BCUT2D eigenvalue weighted by Gasteiger charge is -2.15. The number of hydrogen-bond acceptors (Lipinski definition) is 4. The lowest BCUT2D eigenvalue weighted by Crippen LogP contribution is -2.01. The van der Waals surface area contributed by atoms with Crippen LogP contribution in [0.3, 0.4) is 0 Å². The van der Waals surface area contributed by atoms with Gasteiger partial charge in [-0.2, -0.15) is 0 Å². The molecule has 1 N–H and O–H groups in total. The summed E-state index contributed by atoms with van der Waals surface area (Å²) >= 11 is 6.24. The largest absolute Gasteiger partial charge is 0.490 e. The van der Waals surface area contributed by atoms with Gasteiger partial charge in [0, 0.05) is 23.6 Å². The summed E-state index contributed by atoms with van der Waals surface area (Å²) in [7, 11) is 0. The molecule has 2 aromatic rings. The smallest absolute Gasteiger partial charge is 0.162 e. The van der Waals surface area contributed by atoms with Crippen molar-refractivity contribution < 1.29 is 19.0 Å². The van der Waals surface area contributed by atoms with Gasteiger partial charge in [-0.3, -0.25) is 0 Å². The van der Waals surface area contributed by atoms with E-state index in [0.29, 0.717) is 40.9 Å². The van der Waals surface area contributed by atoms with Gasteiger partial charge >= 0.3 is 0 Å². The minimum atomic E-state index is -0.850. The first-order chi connectivity index (χ1) is 9.65. The molecule has 1 aliphatic heterocycles. The lowest BCUT2D eigenvalue weighted by atomic mass is 10.0. The van der Waals surface area contributed by atoms with Crippen LogP contribution < -0.4 is 9.47 Å². The van der Waals surface area contributed by atoms with E-state index in [0.717, 1.165) is 12.2 Å². The van der Waals surface area contributed by atoms with Crippen LogP contribution in [0.25, 0.3) is 0 Å². The summed E-state index contributed by atoms with van der Waals surface area (Å²) in [6.45, 7) is 3.02. The van der Waals surface area contributed by atoms with Crippen LogP contribution in [0.4, 0.5) is 0 Å². The first kappa shape index (κ1) is 13.3. The second kappa shape index (κ2) is 5.38. The Kier molecular flexibility index (Phi) is 3.59. The third kappa shape index (κ3) is 2.49. The molecule has 0 saturated carbocycles. The van der Waals surface area contributed by atoms with Crippen LogP contribution in [0.1, 0.15) is 29.4 Å². The molecule has 0 spiro atoms. The third-order valence-electron chi connectivity index (χ3n) is 3.23. The maximum Gasteiger partial charge on any atom is 0.162 e. The van der Waals surface area contributed by atoms with Crippen molar-refractivity contribution in [1.82, 2.24) is 0 Å². The average Bonchev–Trinajstić information content (AvgIpc) is 2.73. The minimum Gasteiger partial charge on any atom is -0.490 e. The van der Waals surface area contributed by atoms with Gasteiger partial charge in [-0.1, -0.05) is 11.6 Å². The number of furan rings is 1. The van der Waals surface area contributed by atoms with E-state index in [9.17, 15) is 5.11 Å². The molecule has 0 aliphatic carbocycles. The molecule has 0 radical (unpaired) electrons. The zero-order chi connectivity index (χ0) is 14.1. The fourth-order valence-corrected chi connectivity index (χ4v) is 2.45. The molecule has 2 heterocycles. The molecule has 1 aromatic heterocycles. The Balaban J connectivity index is 1.99. The highest BCUT2D eigenvalue weighted by Crippen LogP contribution is 2.39. The Morgan fingerprint density at radius 1 is 1.15 bits per heavy atom. The quantitative estimate of drug-likeness (QED) is 0.921. The number of benzene rings is 1. The van der Waals surface area contributed by atoms with Crippen molar-refractivity contribution in [3.8, 4) is 11.5 Å². The molecule has 0 bridgehead atoms. The summed E-state index contributed by atoms with van der Waals surface area (Å²) in [6.07, 6.45) is 1.50. The van der Waals surface area contributed by atoms with Gasteiger partial charge in [-0.05, 0) is 19.1 Å². The third-order valence-corrected chi connectivity index (χ3v) is 3.56. The second-order valence-electron chi connectivity index (χ2n) is 4.76. The van der Waals surface area contributed by atoms with E-state index >= 15 is 0 Å². The molecular formula is C15H15ClO4. The molecule has 106 valence electrons. The van der Waals surface area contributed by atoms with Gasteiger partial charge in [-0.15, -0.1) is 0 Å². The number of aryl methyl sites for hydroxylation is 1.